The zero-order valence-electron chi connectivity index (χ0n) is 13.8. The molecule has 4 N–H and O–H groups in total. The van der Waals surface area contributed by atoms with Crippen LogP contribution in [0.1, 0.15) is 29.5 Å². The molecule has 0 aromatic carbocycles. The fourth-order valence-electron chi connectivity index (χ4n) is 2.31. The van der Waals surface area contributed by atoms with Crippen molar-refractivity contribution in [3.63, 3.8) is 0 Å². The Bertz CT molecular complexity index is 952. The average Bonchev–Trinajstić information content (AvgIpc) is 3.06. The summed E-state index contributed by atoms with van der Waals surface area (Å²) in [5.41, 5.74) is 6.30. The molecular formula is C17H16F2N6O. The summed E-state index contributed by atoms with van der Waals surface area (Å²) in [6.07, 6.45) is 6.14. The maximum Gasteiger partial charge on any atom is 0.287 e. The average molecular weight is 358 g/mol. The van der Waals surface area contributed by atoms with Crippen LogP contribution in [0.5, 0.6) is 0 Å². The number of pyridine rings is 2. The Morgan fingerprint density at radius 2 is 2.19 bits per heavy atom. The zero-order chi connectivity index (χ0) is 18.7. The predicted octanol–water partition coefficient (Wildman–Crippen LogP) is 2.44. The Labute approximate surface area is 147 Å². The van der Waals surface area contributed by atoms with E-state index in [1.54, 1.807) is 31.3 Å². The molecule has 1 amide bonds. The Kier molecular flexibility index (Phi) is 4.87. The van der Waals surface area contributed by atoms with Crippen molar-refractivity contribution in [1.29, 1.82) is 0 Å². The summed E-state index contributed by atoms with van der Waals surface area (Å²) in [6.45, 7) is 1.78. The number of H-pyrrole nitrogens is 1. The van der Waals surface area contributed by atoms with Gasteiger partial charge in [0, 0.05) is 24.0 Å². The van der Waals surface area contributed by atoms with E-state index < -0.39 is 17.5 Å². The maximum atomic E-state index is 13.7. The van der Waals surface area contributed by atoms with Crippen molar-refractivity contribution in [2.75, 3.05) is 5.73 Å². The van der Waals surface area contributed by atoms with Crippen LogP contribution in [-0.2, 0) is 0 Å². The Balaban J connectivity index is 1.61. The van der Waals surface area contributed by atoms with Crippen molar-refractivity contribution >= 4 is 29.0 Å². The van der Waals surface area contributed by atoms with Gasteiger partial charge in [-0.05, 0) is 25.5 Å². The van der Waals surface area contributed by atoms with Gasteiger partial charge in [-0.25, -0.2) is 19.3 Å². The highest BCUT2D eigenvalue weighted by molar-refractivity contribution is 5.93. The number of halogens is 2. The summed E-state index contributed by atoms with van der Waals surface area (Å²) >= 11 is 0. The number of hydrogen-bond donors (Lipinski definition) is 3. The molecule has 0 aliphatic heterocycles. The number of nitrogens with zero attached hydrogens (tertiary/aromatic N) is 3. The largest absolute Gasteiger partial charge is 0.381 e. The summed E-state index contributed by atoms with van der Waals surface area (Å²) in [6, 6.07) is 3.26. The first kappa shape index (κ1) is 17.5. The quantitative estimate of drug-likeness (QED) is 0.649. The van der Waals surface area contributed by atoms with Crippen LogP contribution < -0.4 is 11.1 Å². The van der Waals surface area contributed by atoms with Crippen molar-refractivity contribution in [3.8, 4) is 0 Å². The van der Waals surface area contributed by atoms with Gasteiger partial charge in [0.15, 0.2) is 23.1 Å². The number of anilines is 1. The predicted molar refractivity (Wildman–Crippen MR) is 93.0 cm³/mol. The highest BCUT2D eigenvalue weighted by atomic mass is 19.2. The van der Waals surface area contributed by atoms with Gasteiger partial charge in [-0.3, -0.25) is 4.79 Å². The minimum atomic E-state index is -1.17. The number of fused-ring (bicyclic) bond motifs is 1. The lowest BCUT2D eigenvalue weighted by atomic mass is 10.1. The molecule has 0 fully saturated rings. The van der Waals surface area contributed by atoms with Crippen LogP contribution in [0, 0.1) is 11.6 Å². The maximum absolute atomic E-state index is 13.7. The number of imidazole rings is 1. The van der Waals surface area contributed by atoms with Crippen LogP contribution >= 0.6 is 0 Å². The van der Waals surface area contributed by atoms with Crippen LogP contribution in [0.15, 0.2) is 30.6 Å². The zero-order valence-corrected chi connectivity index (χ0v) is 13.8. The smallest absolute Gasteiger partial charge is 0.287 e. The summed E-state index contributed by atoms with van der Waals surface area (Å²) in [7, 11) is 0. The summed E-state index contributed by atoms with van der Waals surface area (Å²) < 4.78 is 27.0. The Hall–Kier alpha value is -3.36. The molecular weight excluding hydrogens is 342 g/mol. The van der Waals surface area contributed by atoms with Crippen molar-refractivity contribution in [2.24, 2.45) is 0 Å². The molecule has 0 saturated heterocycles. The molecule has 3 aromatic heterocycles. The molecule has 0 aliphatic rings. The number of aromatic nitrogens is 4. The second kappa shape index (κ2) is 7.26. The van der Waals surface area contributed by atoms with Crippen molar-refractivity contribution in [2.45, 2.75) is 19.4 Å². The lowest BCUT2D eigenvalue weighted by molar-refractivity contribution is 0.0931. The number of amides is 1. The fraction of sp³-hybridized carbons (Fsp3) is 0.176. The van der Waals surface area contributed by atoms with Gasteiger partial charge in [-0.1, -0.05) is 12.2 Å². The van der Waals surface area contributed by atoms with Gasteiger partial charge < -0.3 is 16.0 Å². The second-order valence-electron chi connectivity index (χ2n) is 5.70. The van der Waals surface area contributed by atoms with Crippen LogP contribution in [0.4, 0.5) is 14.6 Å². The summed E-state index contributed by atoms with van der Waals surface area (Å²) in [4.78, 5) is 26.8. The van der Waals surface area contributed by atoms with E-state index >= 15 is 0 Å². The van der Waals surface area contributed by atoms with Gasteiger partial charge in [0.1, 0.15) is 0 Å². The molecule has 26 heavy (non-hydrogen) atoms. The molecule has 7 nitrogen and oxygen atoms in total. The van der Waals surface area contributed by atoms with Gasteiger partial charge >= 0.3 is 0 Å². The first-order chi connectivity index (χ1) is 12.5. The SMILES string of the molecule is C[C@@H](C/C=C/c1cnc(N)c(F)c1F)NC(=O)c1nc2ncccc2[nH]1. The molecule has 0 bridgehead atoms. The number of carbonyl (C=O) groups excluding carboxylic acids is 1. The highest BCUT2D eigenvalue weighted by Gasteiger charge is 2.14. The molecule has 1 atom stereocenters. The third kappa shape index (κ3) is 3.66. The van der Waals surface area contributed by atoms with E-state index in [1.807, 2.05) is 0 Å². The topological polar surface area (TPSA) is 110 Å². The molecule has 3 rings (SSSR count). The number of carbonyl (C=O) groups is 1. The van der Waals surface area contributed by atoms with E-state index in [0.717, 1.165) is 6.20 Å². The van der Waals surface area contributed by atoms with Crippen LogP contribution in [0.3, 0.4) is 0 Å². The van der Waals surface area contributed by atoms with E-state index in [2.05, 4.69) is 25.3 Å². The van der Waals surface area contributed by atoms with Crippen LogP contribution in [-0.4, -0.2) is 31.9 Å². The molecule has 0 spiro atoms. The summed E-state index contributed by atoms with van der Waals surface area (Å²) in [5, 5.41) is 2.76. The van der Waals surface area contributed by atoms with Gasteiger partial charge in [0.05, 0.1) is 5.52 Å². The first-order valence-corrected chi connectivity index (χ1v) is 7.83. The molecule has 0 radical (unpaired) electrons. The van der Waals surface area contributed by atoms with E-state index in [9.17, 15) is 13.6 Å². The van der Waals surface area contributed by atoms with Crippen LogP contribution in [0.2, 0.25) is 0 Å². The highest BCUT2D eigenvalue weighted by Crippen LogP contribution is 2.16. The lowest BCUT2D eigenvalue weighted by Crippen LogP contribution is -2.32. The van der Waals surface area contributed by atoms with Crippen molar-refractivity contribution in [1.82, 2.24) is 25.3 Å². The first-order valence-electron chi connectivity index (χ1n) is 7.83. The van der Waals surface area contributed by atoms with Gasteiger partial charge in [0.25, 0.3) is 5.91 Å². The van der Waals surface area contributed by atoms with E-state index in [4.69, 9.17) is 5.73 Å². The molecule has 0 unspecified atom stereocenters. The molecule has 134 valence electrons. The molecule has 3 heterocycles. The third-order valence-corrected chi connectivity index (χ3v) is 3.65. The Morgan fingerprint density at radius 1 is 1.38 bits per heavy atom. The van der Waals surface area contributed by atoms with E-state index in [1.165, 1.54) is 6.08 Å². The van der Waals surface area contributed by atoms with E-state index in [0.29, 0.717) is 17.6 Å². The monoisotopic (exact) mass is 358 g/mol. The summed E-state index contributed by atoms with van der Waals surface area (Å²) in [5.74, 6) is -2.94. The molecule has 0 saturated carbocycles. The number of nitrogen functional groups attached to an aromatic ring is 1. The standard InChI is InChI=1S/C17H16F2N6O/c1-9(4-2-5-10-8-22-14(20)13(19)12(10)18)23-17(26)16-24-11-6-3-7-21-15(11)25-16/h2-3,5-9H,4H2,1H3,(H2,20,22)(H,23,26)(H,21,24,25)/b5-2+/t9-/m0/s1. The van der Waals surface area contributed by atoms with Crippen LogP contribution in [0.25, 0.3) is 17.2 Å². The number of nitrogens with one attached hydrogen (secondary N) is 2. The lowest BCUT2D eigenvalue weighted by Gasteiger charge is -2.10. The Morgan fingerprint density at radius 3 is 2.96 bits per heavy atom. The number of hydrogen-bond acceptors (Lipinski definition) is 5. The minimum Gasteiger partial charge on any atom is -0.381 e. The number of rotatable bonds is 5. The molecule has 9 heteroatoms. The van der Waals surface area contributed by atoms with Crippen molar-refractivity contribution < 1.29 is 13.6 Å². The van der Waals surface area contributed by atoms with Crippen molar-refractivity contribution in [3.05, 3.63) is 53.6 Å². The molecule has 3 aromatic rings. The second-order valence-corrected chi connectivity index (χ2v) is 5.70. The normalized spacial score (nSPS) is 12.6. The number of aromatic amines is 1. The van der Waals surface area contributed by atoms with Gasteiger partial charge in [-0.2, -0.15) is 4.39 Å². The minimum absolute atomic E-state index is 0.0152. The van der Waals surface area contributed by atoms with Gasteiger partial charge in [0.2, 0.25) is 5.82 Å². The van der Waals surface area contributed by atoms with Gasteiger partial charge in [-0.15, -0.1) is 0 Å². The molecule has 0 aliphatic carbocycles. The van der Waals surface area contributed by atoms with E-state index in [-0.39, 0.29) is 23.3 Å². The number of nitrogens with two attached hydrogens (primary N) is 1. The fourth-order valence-corrected chi connectivity index (χ4v) is 2.31. The third-order valence-electron chi connectivity index (χ3n) is 3.65.